The van der Waals surface area contributed by atoms with Crippen LogP contribution in [0.3, 0.4) is 0 Å². The van der Waals surface area contributed by atoms with Crippen LogP contribution < -0.4 is 4.74 Å². The Balaban J connectivity index is 1.44. The van der Waals surface area contributed by atoms with Gasteiger partial charge in [0.05, 0.1) is 16.5 Å². The minimum absolute atomic E-state index is 0.0444. The lowest BCUT2D eigenvalue weighted by atomic mass is 9.98. The Labute approximate surface area is 184 Å². The molecule has 0 amide bonds. The number of benzene rings is 2. The highest BCUT2D eigenvalue weighted by atomic mass is 35.5. The molecular weight excluding hydrogens is 445 g/mol. The van der Waals surface area contributed by atoms with Crippen molar-refractivity contribution in [1.82, 2.24) is 14.5 Å². The predicted octanol–water partition coefficient (Wildman–Crippen LogP) is 4.50. The standard InChI is InChI=1S/C21H21ClFN3O4S/c1-2-29-19-8-7-17(13-18(19)22)31(27,28)26-11-9-15(10-12-26)21-25-24-20(30-21)14-3-5-16(23)6-4-14/h3-8,13,15H,2,9-12H2,1H3. The first-order valence-corrected chi connectivity index (χ1v) is 11.7. The van der Waals surface area contributed by atoms with Crippen molar-refractivity contribution < 1.29 is 22.0 Å². The van der Waals surface area contributed by atoms with Gasteiger partial charge in [0.2, 0.25) is 21.8 Å². The molecule has 1 saturated heterocycles. The molecule has 1 aromatic heterocycles. The van der Waals surface area contributed by atoms with Crippen LogP contribution in [0.1, 0.15) is 31.6 Å². The van der Waals surface area contributed by atoms with E-state index in [1.807, 2.05) is 6.92 Å². The van der Waals surface area contributed by atoms with Crippen LogP contribution >= 0.6 is 11.6 Å². The van der Waals surface area contributed by atoms with E-state index in [0.29, 0.717) is 55.6 Å². The molecule has 0 saturated carbocycles. The largest absolute Gasteiger partial charge is 0.492 e. The van der Waals surface area contributed by atoms with Crippen LogP contribution in [0, 0.1) is 5.82 Å². The first-order valence-electron chi connectivity index (χ1n) is 9.90. The number of ether oxygens (including phenoxy) is 1. The zero-order valence-corrected chi connectivity index (χ0v) is 18.4. The fourth-order valence-corrected chi connectivity index (χ4v) is 5.31. The molecule has 0 N–H and O–H groups in total. The fraction of sp³-hybridized carbons (Fsp3) is 0.333. The molecule has 0 aliphatic carbocycles. The van der Waals surface area contributed by atoms with Crippen molar-refractivity contribution in [3.63, 3.8) is 0 Å². The number of halogens is 2. The molecule has 164 valence electrons. The number of rotatable bonds is 6. The molecule has 0 atom stereocenters. The Hall–Kier alpha value is -2.49. The van der Waals surface area contributed by atoms with Crippen LogP contribution in [0.25, 0.3) is 11.5 Å². The first-order chi connectivity index (χ1) is 14.9. The summed E-state index contributed by atoms with van der Waals surface area (Å²) in [6.07, 6.45) is 1.10. The highest BCUT2D eigenvalue weighted by molar-refractivity contribution is 7.89. The number of nitrogens with zero attached hydrogens (tertiary/aromatic N) is 3. The van der Waals surface area contributed by atoms with Crippen LogP contribution in [-0.2, 0) is 10.0 Å². The summed E-state index contributed by atoms with van der Waals surface area (Å²) in [5.41, 5.74) is 0.632. The molecule has 7 nitrogen and oxygen atoms in total. The molecule has 0 radical (unpaired) electrons. The minimum Gasteiger partial charge on any atom is -0.492 e. The first kappa shape index (κ1) is 21.7. The maximum atomic E-state index is 13.1. The molecule has 10 heteroatoms. The molecule has 1 aliphatic rings. The van der Waals surface area contributed by atoms with E-state index in [1.54, 1.807) is 18.2 Å². The molecular formula is C21H21ClFN3O4S. The van der Waals surface area contributed by atoms with Gasteiger partial charge >= 0.3 is 0 Å². The lowest BCUT2D eigenvalue weighted by Gasteiger charge is -2.29. The third-order valence-electron chi connectivity index (χ3n) is 5.18. The number of sulfonamides is 1. The molecule has 0 unspecified atom stereocenters. The maximum Gasteiger partial charge on any atom is 0.247 e. The Bertz CT molecular complexity index is 1160. The van der Waals surface area contributed by atoms with E-state index >= 15 is 0 Å². The lowest BCUT2D eigenvalue weighted by Crippen LogP contribution is -2.38. The average Bonchev–Trinajstić information content (AvgIpc) is 3.26. The monoisotopic (exact) mass is 465 g/mol. The van der Waals surface area contributed by atoms with Gasteiger partial charge in [-0.05, 0) is 62.2 Å². The zero-order chi connectivity index (χ0) is 22.0. The van der Waals surface area contributed by atoms with E-state index in [-0.39, 0.29) is 21.7 Å². The van der Waals surface area contributed by atoms with E-state index in [1.165, 1.54) is 28.6 Å². The number of piperidine rings is 1. The van der Waals surface area contributed by atoms with Gasteiger partial charge in [-0.25, -0.2) is 12.8 Å². The summed E-state index contributed by atoms with van der Waals surface area (Å²) >= 11 is 6.16. The highest BCUT2D eigenvalue weighted by Crippen LogP contribution is 2.33. The van der Waals surface area contributed by atoms with Crippen molar-refractivity contribution in [2.24, 2.45) is 0 Å². The Morgan fingerprint density at radius 3 is 2.52 bits per heavy atom. The maximum absolute atomic E-state index is 13.1. The second-order valence-electron chi connectivity index (χ2n) is 7.16. The van der Waals surface area contributed by atoms with E-state index in [2.05, 4.69) is 10.2 Å². The third kappa shape index (κ3) is 4.58. The Kier molecular flexibility index (Phi) is 6.27. The van der Waals surface area contributed by atoms with Crippen molar-refractivity contribution in [3.8, 4) is 17.2 Å². The molecule has 31 heavy (non-hydrogen) atoms. The topological polar surface area (TPSA) is 85.5 Å². The summed E-state index contributed by atoms with van der Waals surface area (Å²) in [4.78, 5) is 0.135. The van der Waals surface area contributed by atoms with Crippen LogP contribution in [0.5, 0.6) is 5.75 Å². The van der Waals surface area contributed by atoms with Crippen molar-refractivity contribution >= 4 is 21.6 Å². The molecule has 4 rings (SSSR count). The summed E-state index contributed by atoms with van der Waals surface area (Å²) in [6, 6.07) is 10.3. The highest BCUT2D eigenvalue weighted by Gasteiger charge is 2.32. The second-order valence-corrected chi connectivity index (χ2v) is 9.50. The number of aromatic nitrogens is 2. The van der Waals surface area contributed by atoms with Gasteiger partial charge in [-0.3, -0.25) is 0 Å². The van der Waals surface area contributed by atoms with E-state index in [0.717, 1.165) is 0 Å². The zero-order valence-electron chi connectivity index (χ0n) is 16.8. The third-order valence-corrected chi connectivity index (χ3v) is 7.37. The number of hydrogen-bond donors (Lipinski definition) is 0. The van der Waals surface area contributed by atoms with Gasteiger partial charge in [-0.1, -0.05) is 11.6 Å². The smallest absolute Gasteiger partial charge is 0.247 e. The molecule has 0 bridgehead atoms. The van der Waals surface area contributed by atoms with Crippen LogP contribution in [-0.4, -0.2) is 42.6 Å². The minimum atomic E-state index is -3.67. The van der Waals surface area contributed by atoms with Gasteiger partial charge in [0, 0.05) is 24.6 Å². The Morgan fingerprint density at radius 2 is 1.87 bits per heavy atom. The lowest BCUT2D eigenvalue weighted by molar-refractivity contribution is 0.291. The Morgan fingerprint density at radius 1 is 1.16 bits per heavy atom. The van der Waals surface area contributed by atoms with E-state index in [4.69, 9.17) is 20.8 Å². The second kappa shape index (κ2) is 8.94. The quantitative estimate of drug-likeness (QED) is 0.533. The van der Waals surface area contributed by atoms with Crippen molar-refractivity contribution in [2.45, 2.75) is 30.6 Å². The van der Waals surface area contributed by atoms with Crippen LogP contribution in [0.4, 0.5) is 4.39 Å². The van der Waals surface area contributed by atoms with Crippen molar-refractivity contribution in [2.75, 3.05) is 19.7 Å². The van der Waals surface area contributed by atoms with E-state index in [9.17, 15) is 12.8 Å². The van der Waals surface area contributed by atoms with Gasteiger partial charge in [0.25, 0.3) is 0 Å². The van der Waals surface area contributed by atoms with Gasteiger partial charge in [-0.15, -0.1) is 10.2 Å². The number of hydrogen-bond acceptors (Lipinski definition) is 6. The van der Waals surface area contributed by atoms with Crippen molar-refractivity contribution in [1.29, 1.82) is 0 Å². The van der Waals surface area contributed by atoms with Gasteiger partial charge in [0.15, 0.2) is 0 Å². The van der Waals surface area contributed by atoms with Crippen LogP contribution in [0.2, 0.25) is 5.02 Å². The molecule has 1 aliphatic heterocycles. The molecule has 2 heterocycles. The normalized spacial score (nSPS) is 15.8. The molecule has 2 aromatic carbocycles. The SMILES string of the molecule is CCOc1ccc(S(=O)(=O)N2CCC(c3nnc(-c4ccc(F)cc4)o3)CC2)cc1Cl. The summed E-state index contributed by atoms with van der Waals surface area (Å²) in [6.45, 7) is 2.92. The molecule has 1 fully saturated rings. The molecule has 3 aromatic rings. The molecule has 0 spiro atoms. The van der Waals surface area contributed by atoms with Crippen LogP contribution in [0.15, 0.2) is 51.8 Å². The van der Waals surface area contributed by atoms with Crippen molar-refractivity contribution in [3.05, 3.63) is 59.2 Å². The van der Waals surface area contributed by atoms with Gasteiger partial charge in [-0.2, -0.15) is 4.31 Å². The summed E-state index contributed by atoms with van der Waals surface area (Å²) in [5.74, 6) is 0.840. The van der Waals surface area contributed by atoms with Gasteiger partial charge in [0.1, 0.15) is 11.6 Å². The summed E-state index contributed by atoms with van der Waals surface area (Å²) < 4.78 is 51.7. The van der Waals surface area contributed by atoms with Gasteiger partial charge < -0.3 is 9.15 Å². The fourth-order valence-electron chi connectivity index (χ4n) is 3.52. The summed E-state index contributed by atoms with van der Waals surface area (Å²) in [7, 11) is -3.67. The predicted molar refractivity (Wildman–Crippen MR) is 113 cm³/mol. The van der Waals surface area contributed by atoms with E-state index < -0.39 is 10.0 Å². The average molecular weight is 466 g/mol. The summed E-state index contributed by atoms with van der Waals surface area (Å²) in [5, 5.41) is 8.42.